The van der Waals surface area contributed by atoms with Crippen LogP contribution in [0.15, 0.2) is 10.4 Å². The average molecular weight is 491 g/mol. The van der Waals surface area contributed by atoms with Crippen LogP contribution in [0.1, 0.15) is 31.0 Å². The molecule has 1 unspecified atom stereocenters. The third kappa shape index (κ3) is 5.95. The SMILES string of the molecule is CCN(CC)C1CCN(C(=NC)NCc2nc(C(F)(F)F)cs2)C1.I. The predicted octanol–water partition coefficient (Wildman–Crippen LogP) is 3.27. The van der Waals surface area contributed by atoms with E-state index in [1.54, 1.807) is 7.05 Å². The number of aromatic nitrogens is 1. The average Bonchev–Trinajstić information content (AvgIpc) is 3.19. The van der Waals surface area contributed by atoms with Gasteiger partial charge in [0, 0.05) is 31.6 Å². The number of hydrogen-bond donors (Lipinski definition) is 1. The predicted molar refractivity (Wildman–Crippen MR) is 106 cm³/mol. The number of likely N-dealkylation sites (N-methyl/N-ethyl adjacent to an activating group) is 1. The van der Waals surface area contributed by atoms with Crippen LogP contribution in [0.3, 0.4) is 0 Å². The summed E-state index contributed by atoms with van der Waals surface area (Å²) in [5.74, 6) is 0.716. The van der Waals surface area contributed by atoms with Gasteiger partial charge in [-0.1, -0.05) is 13.8 Å². The molecule has 1 aromatic rings. The zero-order valence-electron chi connectivity index (χ0n) is 14.6. The summed E-state index contributed by atoms with van der Waals surface area (Å²) in [7, 11) is 1.69. The summed E-state index contributed by atoms with van der Waals surface area (Å²) >= 11 is 1.01. The van der Waals surface area contributed by atoms with Crippen LogP contribution in [0, 0.1) is 0 Å². The highest BCUT2D eigenvalue weighted by atomic mass is 127. The summed E-state index contributed by atoms with van der Waals surface area (Å²) < 4.78 is 37.8. The standard InChI is InChI=1S/C15H24F3N5S.HI/c1-4-22(5-2)11-6-7-23(9-11)14(19-3)20-8-13-21-12(10-24-13)15(16,17)18;/h10-11H,4-9H2,1-3H3,(H,19,20);1H. The van der Waals surface area contributed by atoms with Crippen molar-refractivity contribution >= 4 is 41.3 Å². The van der Waals surface area contributed by atoms with Gasteiger partial charge in [0.25, 0.3) is 0 Å². The van der Waals surface area contributed by atoms with Gasteiger partial charge in [-0.05, 0) is 19.5 Å². The summed E-state index contributed by atoms with van der Waals surface area (Å²) in [5, 5.41) is 4.58. The Morgan fingerprint density at radius 3 is 2.64 bits per heavy atom. The molecule has 0 radical (unpaired) electrons. The smallest absolute Gasteiger partial charge is 0.350 e. The van der Waals surface area contributed by atoms with Gasteiger partial charge in [-0.2, -0.15) is 13.2 Å². The molecule has 10 heteroatoms. The zero-order chi connectivity index (χ0) is 17.7. The maximum Gasteiger partial charge on any atom is 0.434 e. The second kappa shape index (κ2) is 9.91. The van der Waals surface area contributed by atoms with Gasteiger partial charge < -0.3 is 10.2 Å². The van der Waals surface area contributed by atoms with Crippen LogP contribution in [-0.4, -0.2) is 60.0 Å². The third-order valence-corrected chi connectivity index (χ3v) is 5.09. The molecule has 1 fully saturated rings. The highest BCUT2D eigenvalue weighted by Gasteiger charge is 2.33. The van der Waals surface area contributed by atoms with Gasteiger partial charge >= 0.3 is 6.18 Å². The Kier molecular flexibility index (Phi) is 8.89. The lowest BCUT2D eigenvalue weighted by molar-refractivity contribution is -0.140. The van der Waals surface area contributed by atoms with Crippen LogP contribution < -0.4 is 5.32 Å². The van der Waals surface area contributed by atoms with Crippen molar-refractivity contribution in [2.45, 2.75) is 39.0 Å². The van der Waals surface area contributed by atoms with Gasteiger partial charge in [0.1, 0.15) is 5.01 Å². The second-order valence-electron chi connectivity index (χ2n) is 5.63. The number of aliphatic imine (C=N–C) groups is 1. The summed E-state index contributed by atoms with van der Waals surface area (Å²) in [6, 6.07) is 0.496. The van der Waals surface area contributed by atoms with E-state index in [2.05, 4.69) is 38.9 Å². The van der Waals surface area contributed by atoms with Crippen LogP contribution in [0.25, 0.3) is 0 Å². The Morgan fingerprint density at radius 1 is 1.44 bits per heavy atom. The number of halogens is 4. The van der Waals surface area contributed by atoms with Gasteiger partial charge in [0.05, 0.1) is 6.54 Å². The lowest BCUT2D eigenvalue weighted by atomic mass is 10.2. The van der Waals surface area contributed by atoms with Gasteiger partial charge in [-0.25, -0.2) is 4.98 Å². The van der Waals surface area contributed by atoms with Gasteiger partial charge in [0.2, 0.25) is 0 Å². The Morgan fingerprint density at radius 2 is 2.12 bits per heavy atom. The van der Waals surface area contributed by atoms with Crippen molar-refractivity contribution < 1.29 is 13.2 Å². The molecular formula is C15H25F3IN5S. The Labute approximate surface area is 167 Å². The lowest BCUT2D eigenvalue weighted by Gasteiger charge is -2.27. The number of likely N-dealkylation sites (tertiary alicyclic amines) is 1. The molecule has 0 amide bonds. The number of nitrogens with one attached hydrogen (secondary N) is 1. The molecule has 0 bridgehead atoms. The summed E-state index contributed by atoms with van der Waals surface area (Å²) in [6.07, 6.45) is -3.32. The van der Waals surface area contributed by atoms with Crippen molar-refractivity contribution in [3.8, 4) is 0 Å². The first-order chi connectivity index (χ1) is 11.4. The lowest BCUT2D eigenvalue weighted by Crippen LogP contribution is -2.43. The van der Waals surface area contributed by atoms with Gasteiger partial charge in [-0.15, -0.1) is 35.3 Å². The molecule has 2 heterocycles. The molecule has 1 atom stereocenters. The molecule has 0 spiro atoms. The van der Waals surface area contributed by atoms with E-state index in [4.69, 9.17) is 0 Å². The first kappa shape index (κ1) is 22.4. The van der Waals surface area contributed by atoms with E-state index in [1.165, 1.54) is 0 Å². The molecule has 2 rings (SSSR count). The topological polar surface area (TPSA) is 43.8 Å². The molecule has 1 saturated heterocycles. The molecule has 1 aromatic heterocycles. The van der Waals surface area contributed by atoms with E-state index in [0.29, 0.717) is 17.0 Å². The third-order valence-electron chi connectivity index (χ3n) is 4.24. The van der Waals surface area contributed by atoms with Crippen molar-refractivity contribution in [2.75, 3.05) is 33.2 Å². The van der Waals surface area contributed by atoms with Crippen LogP contribution in [0.4, 0.5) is 13.2 Å². The number of rotatable bonds is 5. The van der Waals surface area contributed by atoms with Crippen molar-refractivity contribution in [1.29, 1.82) is 0 Å². The van der Waals surface area contributed by atoms with Gasteiger partial charge in [0.15, 0.2) is 11.7 Å². The van der Waals surface area contributed by atoms with E-state index in [-0.39, 0.29) is 30.5 Å². The highest BCUT2D eigenvalue weighted by molar-refractivity contribution is 14.0. The molecule has 0 saturated carbocycles. The molecular weight excluding hydrogens is 466 g/mol. The minimum atomic E-state index is -4.39. The van der Waals surface area contributed by atoms with Crippen LogP contribution in [-0.2, 0) is 12.7 Å². The van der Waals surface area contributed by atoms with E-state index in [9.17, 15) is 13.2 Å². The van der Waals surface area contributed by atoms with Crippen LogP contribution in [0.5, 0.6) is 0 Å². The number of hydrogen-bond acceptors (Lipinski definition) is 4. The monoisotopic (exact) mass is 491 g/mol. The fourth-order valence-electron chi connectivity index (χ4n) is 2.98. The molecule has 1 aliphatic heterocycles. The van der Waals surface area contributed by atoms with Crippen molar-refractivity contribution in [3.63, 3.8) is 0 Å². The minimum absolute atomic E-state index is 0. The fraction of sp³-hybridized carbons (Fsp3) is 0.733. The van der Waals surface area contributed by atoms with Crippen molar-refractivity contribution in [3.05, 3.63) is 16.1 Å². The largest absolute Gasteiger partial charge is 0.434 e. The van der Waals surface area contributed by atoms with E-state index in [0.717, 1.165) is 49.3 Å². The number of alkyl halides is 3. The summed E-state index contributed by atoms with van der Waals surface area (Å²) in [5.41, 5.74) is -0.831. The summed E-state index contributed by atoms with van der Waals surface area (Å²) in [6.45, 7) is 8.36. The Bertz CT molecular complexity index is 560. The molecule has 144 valence electrons. The second-order valence-corrected chi connectivity index (χ2v) is 6.58. The Balaban J connectivity index is 0.00000312. The quantitative estimate of drug-likeness (QED) is 0.390. The molecule has 0 aliphatic carbocycles. The minimum Gasteiger partial charge on any atom is -0.350 e. The number of thiazole rings is 1. The first-order valence-corrected chi connectivity index (χ1v) is 8.98. The summed E-state index contributed by atoms with van der Waals surface area (Å²) in [4.78, 5) is 12.5. The van der Waals surface area contributed by atoms with Crippen molar-refractivity contribution in [2.24, 2.45) is 4.99 Å². The maximum atomic E-state index is 12.6. The zero-order valence-corrected chi connectivity index (χ0v) is 17.8. The highest BCUT2D eigenvalue weighted by Crippen LogP contribution is 2.29. The molecule has 25 heavy (non-hydrogen) atoms. The van der Waals surface area contributed by atoms with E-state index in [1.807, 2.05) is 0 Å². The fourth-order valence-corrected chi connectivity index (χ4v) is 3.72. The van der Waals surface area contributed by atoms with E-state index < -0.39 is 11.9 Å². The van der Waals surface area contributed by atoms with Crippen molar-refractivity contribution in [1.82, 2.24) is 20.1 Å². The van der Waals surface area contributed by atoms with Crippen LogP contribution in [0.2, 0.25) is 0 Å². The molecule has 1 aliphatic rings. The number of nitrogens with zero attached hydrogens (tertiary/aromatic N) is 4. The van der Waals surface area contributed by atoms with E-state index >= 15 is 0 Å². The van der Waals surface area contributed by atoms with Gasteiger partial charge in [-0.3, -0.25) is 9.89 Å². The maximum absolute atomic E-state index is 12.6. The molecule has 5 nitrogen and oxygen atoms in total. The van der Waals surface area contributed by atoms with Crippen LogP contribution >= 0.6 is 35.3 Å². The number of guanidine groups is 1. The first-order valence-electron chi connectivity index (χ1n) is 8.10. The molecule has 0 aromatic carbocycles. The normalized spacial score (nSPS) is 18.6. The molecule has 1 N–H and O–H groups in total. The Hall–Kier alpha value is -0.620.